The molecule has 1 N–H and O–H groups in total. The van der Waals surface area contributed by atoms with Gasteiger partial charge in [0.15, 0.2) is 10.7 Å². The van der Waals surface area contributed by atoms with Crippen molar-refractivity contribution in [3.05, 3.63) is 33.8 Å². The fourth-order valence-electron chi connectivity index (χ4n) is 2.83. The van der Waals surface area contributed by atoms with Crippen LogP contribution < -0.4 is 0 Å². The number of thiophene rings is 1. The van der Waals surface area contributed by atoms with Crippen LogP contribution in [0.4, 0.5) is 0 Å². The first-order chi connectivity index (χ1) is 11.9. The van der Waals surface area contributed by atoms with Gasteiger partial charge in [0.1, 0.15) is 5.69 Å². The number of sulfonamides is 1. The topological polar surface area (TPSA) is 101 Å². The van der Waals surface area contributed by atoms with Crippen LogP contribution in [0.15, 0.2) is 26.9 Å². The summed E-state index contributed by atoms with van der Waals surface area (Å²) in [6.45, 7) is 1.83. The number of nitrogens with zero attached hydrogens (tertiary/aromatic N) is 2. The fourth-order valence-corrected chi connectivity index (χ4v) is 5.23. The molecule has 2 aromatic heterocycles. The highest BCUT2D eigenvalue weighted by atomic mass is 32.2. The van der Waals surface area contributed by atoms with Gasteiger partial charge in [-0.2, -0.15) is 4.31 Å². The van der Waals surface area contributed by atoms with Gasteiger partial charge in [0.05, 0.1) is 5.92 Å². The van der Waals surface area contributed by atoms with Crippen molar-refractivity contribution in [3.8, 4) is 0 Å². The van der Waals surface area contributed by atoms with E-state index in [-0.39, 0.29) is 22.9 Å². The molecule has 1 unspecified atom stereocenters. The summed E-state index contributed by atoms with van der Waals surface area (Å²) in [7, 11) is -3.87. The molecular weight excluding hydrogens is 364 g/mol. The van der Waals surface area contributed by atoms with Gasteiger partial charge < -0.3 is 9.63 Å². The molecule has 0 spiro atoms. The molecule has 25 heavy (non-hydrogen) atoms. The zero-order valence-electron chi connectivity index (χ0n) is 13.6. The molecule has 3 heterocycles. The lowest BCUT2D eigenvalue weighted by molar-refractivity contribution is -0.142. The Hall–Kier alpha value is -1.97. The second-order valence-corrected chi connectivity index (χ2v) is 8.70. The zero-order valence-corrected chi connectivity index (χ0v) is 15.2. The van der Waals surface area contributed by atoms with Crippen molar-refractivity contribution in [2.75, 3.05) is 13.1 Å². The highest BCUT2D eigenvalue weighted by Gasteiger charge is 2.36. The van der Waals surface area contributed by atoms with Crippen molar-refractivity contribution in [2.24, 2.45) is 5.92 Å². The van der Waals surface area contributed by atoms with E-state index in [1.54, 1.807) is 19.1 Å². The Labute approximate surface area is 149 Å². The van der Waals surface area contributed by atoms with Crippen molar-refractivity contribution in [1.29, 1.82) is 0 Å². The Morgan fingerprint density at radius 1 is 1.48 bits per heavy atom. The molecule has 0 radical (unpaired) electrons. The van der Waals surface area contributed by atoms with E-state index in [1.807, 2.05) is 17.5 Å². The Balaban J connectivity index is 1.92. The highest BCUT2D eigenvalue weighted by Crippen LogP contribution is 2.29. The molecule has 7 nitrogen and oxygen atoms in total. The lowest BCUT2D eigenvalue weighted by atomic mass is 10.0. The van der Waals surface area contributed by atoms with Crippen LogP contribution in [-0.2, 0) is 14.8 Å². The molecule has 3 rings (SSSR count). The second kappa shape index (κ2) is 7.11. The van der Waals surface area contributed by atoms with Gasteiger partial charge in [-0.05, 0) is 43.4 Å². The standard InChI is InChI=1S/C16H18N2O5S2/c1-11-15(14(23-17-11)7-6-13-5-3-9-24-13)25(21,22)18-8-2-4-12(10-18)16(19)20/h3,5-7,9,12H,2,4,8,10H2,1H3,(H,19,20). The number of hydrogen-bond donors (Lipinski definition) is 1. The highest BCUT2D eigenvalue weighted by molar-refractivity contribution is 7.89. The van der Waals surface area contributed by atoms with E-state index in [1.165, 1.54) is 15.6 Å². The summed E-state index contributed by atoms with van der Waals surface area (Å²) >= 11 is 1.52. The first-order valence-electron chi connectivity index (χ1n) is 7.80. The summed E-state index contributed by atoms with van der Waals surface area (Å²) in [6, 6.07) is 3.80. The Morgan fingerprint density at radius 3 is 2.96 bits per heavy atom. The number of rotatable bonds is 5. The van der Waals surface area contributed by atoms with Crippen molar-refractivity contribution in [2.45, 2.75) is 24.7 Å². The van der Waals surface area contributed by atoms with E-state index in [4.69, 9.17) is 4.52 Å². The van der Waals surface area contributed by atoms with Gasteiger partial charge in [-0.1, -0.05) is 11.2 Å². The van der Waals surface area contributed by atoms with E-state index in [2.05, 4.69) is 5.16 Å². The monoisotopic (exact) mass is 382 g/mol. The average Bonchev–Trinajstić information content (AvgIpc) is 3.22. The molecule has 1 saturated heterocycles. The Kier molecular flexibility index (Phi) is 5.07. The van der Waals surface area contributed by atoms with Crippen LogP contribution in [-0.4, -0.2) is 42.0 Å². The molecule has 134 valence electrons. The van der Waals surface area contributed by atoms with E-state index in [0.29, 0.717) is 19.4 Å². The molecule has 0 amide bonds. The maximum absolute atomic E-state index is 13.0. The lowest BCUT2D eigenvalue weighted by Gasteiger charge is -2.29. The molecule has 0 aliphatic carbocycles. The molecule has 1 atom stereocenters. The zero-order chi connectivity index (χ0) is 18.0. The number of carbonyl (C=O) groups is 1. The van der Waals surface area contributed by atoms with Gasteiger partial charge in [0.25, 0.3) is 0 Å². The number of aliphatic carboxylic acids is 1. The van der Waals surface area contributed by atoms with Crippen LogP contribution in [0.3, 0.4) is 0 Å². The number of aromatic nitrogens is 1. The largest absolute Gasteiger partial charge is 0.481 e. The van der Waals surface area contributed by atoms with Gasteiger partial charge in [-0.15, -0.1) is 11.3 Å². The van der Waals surface area contributed by atoms with Gasteiger partial charge >= 0.3 is 5.97 Å². The van der Waals surface area contributed by atoms with Gasteiger partial charge in [0, 0.05) is 18.0 Å². The molecule has 9 heteroatoms. The normalized spacial score (nSPS) is 19.5. The van der Waals surface area contributed by atoms with E-state index in [0.717, 1.165) is 4.88 Å². The van der Waals surface area contributed by atoms with Gasteiger partial charge in [0.2, 0.25) is 10.0 Å². The Morgan fingerprint density at radius 2 is 2.28 bits per heavy atom. The lowest BCUT2D eigenvalue weighted by Crippen LogP contribution is -2.42. The smallest absolute Gasteiger partial charge is 0.307 e. The third-order valence-electron chi connectivity index (χ3n) is 4.11. The minimum atomic E-state index is -3.87. The molecule has 0 saturated carbocycles. The van der Waals surface area contributed by atoms with Gasteiger partial charge in [-0.3, -0.25) is 4.79 Å². The summed E-state index contributed by atoms with van der Waals surface area (Å²) in [6.07, 6.45) is 4.34. The number of carboxylic acid groups (broad SMARTS) is 1. The molecule has 1 aliphatic heterocycles. The van der Waals surface area contributed by atoms with Crippen LogP contribution >= 0.6 is 11.3 Å². The fraction of sp³-hybridized carbons (Fsp3) is 0.375. The minimum absolute atomic E-state index is 0.00587. The number of hydrogen-bond acceptors (Lipinski definition) is 6. The maximum Gasteiger partial charge on any atom is 0.307 e. The first-order valence-corrected chi connectivity index (χ1v) is 10.1. The summed E-state index contributed by atoms with van der Waals surface area (Å²) in [5.41, 5.74) is 0.267. The molecule has 2 aromatic rings. The van der Waals surface area contributed by atoms with Crippen LogP contribution in [0, 0.1) is 12.8 Å². The van der Waals surface area contributed by atoms with E-state index < -0.39 is 21.9 Å². The van der Waals surface area contributed by atoms with Crippen molar-refractivity contribution >= 4 is 39.5 Å². The van der Waals surface area contributed by atoms with Crippen LogP contribution in [0.5, 0.6) is 0 Å². The average molecular weight is 382 g/mol. The maximum atomic E-state index is 13.0. The second-order valence-electron chi connectivity index (χ2n) is 5.85. The predicted molar refractivity (Wildman–Crippen MR) is 93.6 cm³/mol. The SMILES string of the molecule is Cc1noc(C=Cc2cccs2)c1S(=O)(=O)N1CCCC(C(=O)O)C1. The van der Waals surface area contributed by atoms with Crippen molar-refractivity contribution in [1.82, 2.24) is 9.46 Å². The summed E-state index contributed by atoms with van der Waals surface area (Å²) in [5.74, 6) is -1.50. The summed E-state index contributed by atoms with van der Waals surface area (Å²) in [4.78, 5) is 12.2. The predicted octanol–water partition coefficient (Wildman–Crippen LogP) is 2.70. The molecule has 1 fully saturated rings. The van der Waals surface area contributed by atoms with Crippen LogP contribution in [0.25, 0.3) is 12.2 Å². The molecule has 0 bridgehead atoms. The summed E-state index contributed by atoms with van der Waals surface area (Å²) in [5, 5.41) is 14.9. The molecule has 1 aliphatic rings. The number of aryl methyl sites for hydroxylation is 1. The van der Waals surface area contributed by atoms with Crippen LogP contribution in [0.1, 0.15) is 29.2 Å². The quantitative estimate of drug-likeness (QED) is 0.853. The Bertz CT molecular complexity index is 884. The molecular formula is C16H18N2O5S2. The third kappa shape index (κ3) is 3.68. The van der Waals surface area contributed by atoms with E-state index >= 15 is 0 Å². The minimum Gasteiger partial charge on any atom is -0.481 e. The van der Waals surface area contributed by atoms with Gasteiger partial charge in [-0.25, -0.2) is 8.42 Å². The van der Waals surface area contributed by atoms with E-state index in [9.17, 15) is 18.3 Å². The summed E-state index contributed by atoms with van der Waals surface area (Å²) < 4.78 is 32.5. The molecule has 0 aromatic carbocycles. The van der Waals surface area contributed by atoms with Crippen molar-refractivity contribution < 1.29 is 22.8 Å². The third-order valence-corrected chi connectivity index (χ3v) is 6.97. The number of piperidine rings is 1. The van der Waals surface area contributed by atoms with Crippen molar-refractivity contribution in [3.63, 3.8) is 0 Å². The number of carboxylic acids is 1. The van der Waals surface area contributed by atoms with Crippen LogP contribution in [0.2, 0.25) is 0 Å². The first kappa shape index (κ1) is 17.8.